The standard InChI is InChI=1S/C15H18N4O4S/c1-3-15(20)19-7-6-11-8-12(4-5-13(11)19)24(21,22)16-9-14-17-10(2)23-18-14/h4-5,8,16H,3,6-7,9H2,1-2H3. The highest BCUT2D eigenvalue weighted by Gasteiger charge is 2.25. The van der Waals surface area contributed by atoms with Gasteiger partial charge in [0.25, 0.3) is 0 Å². The van der Waals surface area contributed by atoms with Crippen LogP contribution in [-0.4, -0.2) is 31.0 Å². The Balaban J connectivity index is 1.78. The molecule has 0 spiro atoms. The molecule has 1 amide bonds. The van der Waals surface area contributed by atoms with E-state index in [1.807, 2.05) is 6.92 Å². The summed E-state index contributed by atoms with van der Waals surface area (Å²) in [4.78, 5) is 17.7. The number of anilines is 1. The maximum absolute atomic E-state index is 12.4. The zero-order valence-electron chi connectivity index (χ0n) is 13.4. The molecule has 0 radical (unpaired) electrons. The normalized spacial score (nSPS) is 14.0. The second kappa shape index (κ2) is 6.33. The summed E-state index contributed by atoms with van der Waals surface area (Å²) < 4.78 is 32.1. The molecule has 1 aromatic carbocycles. The Morgan fingerprint density at radius 1 is 1.42 bits per heavy atom. The molecule has 0 saturated carbocycles. The lowest BCUT2D eigenvalue weighted by molar-refractivity contribution is -0.118. The van der Waals surface area contributed by atoms with Gasteiger partial charge in [-0.25, -0.2) is 13.1 Å². The van der Waals surface area contributed by atoms with Gasteiger partial charge in [0, 0.05) is 25.6 Å². The van der Waals surface area contributed by atoms with Crippen molar-refractivity contribution in [3.05, 3.63) is 35.5 Å². The number of hydrogen-bond acceptors (Lipinski definition) is 6. The number of nitrogens with one attached hydrogen (secondary N) is 1. The highest BCUT2D eigenvalue weighted by atomic mass is 32.2. The van der Waals surface area contributed by atoms with Crippen molar-refractivity contribution in [3.63, 3.8) is 0 Å². The number of amides is 1. The number of fused-ring (bicyclic) bond motifs is 1. The summed E-state index contributed by atoms with van der Waals surface area (Å²) >= 11 is 0. The van der Waals surface area contributed by atoms with Crippen LogP contribution in [0.25, 0.3) is 0 Å². The fourth-order valence-electron chi connectivity index (χ4n) is 2.65. The van der Waals surface area contributed by atoms with Crippen LogP contribution in [-0.2, 0) is 27.8 Å². The summed E-state index contributed by atoms with van der Waals surface area (Å²) in [5.74, 6) is 0.689. The monoisotopic (exact) mass is 350 g/mol. The predicted octanol–water partition coefficient (Wildman–Crippen LogP) is 1.16. The zero-order chi connectivity index (χ0) is 17.3. The molecule has 1 aliphatic rings. The van der Waals surface area contributed by atoms with Crippen LogP contribution in [0.1, 0.15) is 30.6 Å². The van der Waals surface area contributed by atoms with E-state index in [9.17, 15) is 13.2 Å². The molecule has 2 aromatic rings. The summed E-state index contributed by atoms with van der Waals surface area (Å²) in [6.45, 7) is 3.98. The van der Waals surface area contributed by atoms with E-state index in [1.165, 1.54) is 6.07 Å². The summed E-state index contributed by atoms with van der Waals surface area (Å²) in [6, 6.07) is 4.80. The Morgan fingerprint density at radius 2 is 2.21 bits per heavy atom. The maximum atomic E-state index is 12.4. The first-order valence-electron chi connectivity index (χ1n) is 7.63. The van der Waals surface area contributed by atoms with Gasteiger partial charge in [-0.3, -0.25) is 4.79 Å². The minimum Gasteiger partial charge on any atom is -0.340 e. The van der Waals surface area contributed by atoms with Gasteiger partial charge in [0.15, 0.2) is 5.82 Å². The smallest absolute Gasteiger partial charge is 0.240 e. The second-order valence-electron chi connectivity index (χ2n) is 5.49. The Labute approximate surface area is 139 Å². The topological polar surface area (TPSA) is 105 Å². The highest BCUT2D eigenvalue weighted by molar-refractivity contribution is 7.89. The molecule has 9 heteroatoms. The van der Waals surface area contributed by atoms with Crippen LogP contribution in [0.5, 0.6) is 0 Å². The number of benzene rings is 1. The molecule has 8 nitrogen and oxygen atoms in total. The van der Waals surface area contributed by atoms with Crippen LogP contribution in [0, 0.1) is 6.92 Å². The summed E-state index contributed by atoms with van der Waals surface area (Å²) in [5.41, 5.74) is 1.64. The van der Waals surface area contributed by atoms with Crippen molar-refractivity contribution in [2.75, 3.05) is 11.4 Å². The van der Waals surface area contributed by atoms with Crippen molar-refractivity contribution in [2.45, 2.75) is 38.1 Å². The van der Waals surface area contributed by atoms with Crippen molar-refractivity contribution < 1.29 is 17.7 Å². The van der Waals surface area contributed by atoms with Crippen molar-refractivity contribution in [1.82, 2.24) is 14.9 Å². The molecule has 128 valence electrons. The van der Waals surface area contributed by atoms with Crippen LogP contribution in [0.15, 0.2) is 27.6 Å². The number of aromatic nitrogens is 2. The first-order chi connectivity index (χ1) is 11.4. The fourth-order valence-corrected chi connectivity index (χ4v) is 3.68. The molecule has 1 N–H and O–H groups in total. The van der Waals surface area contributed by atoms with Crippen molar-refractivity contribution >= 4 is 21.6 Å². The van der Waals surface area contributed by atoms with Crippen LogP contribution in [0.4, 0.5) is 5.69 Å². The lowest BCUT2D eigenvalue weighted by Crippen LogP contribution is -2.27. The first kappa shape index (κ1) is 16.6. The Bertz CT molecular complexity index is 875. The molecule has 0 bridgehead atoms. The molecule has 1 aromatic heterocycles. The molecular weight excluding hydrogens is 332 g/mol. The second-order valence-corrected chi connectivity index (χ2v) is 7.26. The molecule has 24 heavy (non-hydrogen) atoms. The van der Waals surface area contributed by atoms with Gasteiger partial charge >= 0.3 is 0 Å². The van der Waals surface area contributed by atoms with Gasteiger partial charge in [-0.2, -0.15) is 4.98 Å². The van der Waals surface area contributed by atoms with Gasteiger partial charge in [0.2, 0.25) is 21.8 Å². The summed E-state index contributed by atoms with van der Waals surface area (Å²) in [7, 11) is -3.69. The average Bonchev–Trinajstić information content (AvgIpc) is 3.17. The van der Waals surface area contributed by atoms with E-state index in [4.69, 9.17) is 4.52 Å². The van der Waals surface area contributed by atoms with Crippen molar-refractivity contribution in [2.24, 2.45) is 0 Å². The lowest BCUT2D eigenvalue weighted by Gasteiger charge is -2.16. The fraction of sp³-hybridized carbons (Fsp3) is 0.400. The number of rotatable bonds is 5. The molecule has 0 unspecified atom stereocenters. The van der Waals surface area contributed by atoms with Gasteiger partial charge < -0.3 is 9.42 Å². The van der Waals surface area contributed by atoms with Gasteiger partial charge in [-0.15, -0.1) is 0 Å². The number of nitrogens with zero attached hydrogens (tertiary/aromatic N) is 3. The van der Waals surface area contributed by atoms with Gasteiger partial charge in [-0.05, 0) is 30.2 Å². The quantitative estimate of drug-likeness (QED) is 0.867. The largest absolute Gasteiger partial charge is 0.340 e. The Morgan fingerprint density at radius 3 is 2.88 bits per heavy atom. The van der Waals surface area contributed by atoms with Gasteiger partial charge in [-0.1, -0.05) is 12.1 Å². The number of sulfonamides is 1. The molecule has 0 fully saturated rings. The molecule has 1 aliphatic heterocycles. The third-order valence-electron chi connectivity index (χ3n) is 3.85. The van der Waals surface area contributed by atoms with Gasteiger partial charge in [0.1, 0.15) is 0 Å². The van der Waals surface area contributed by atoms with Crippen molar-refractivity contribution in [1.29, 1.82) is 0 Å². The van der Waals surface area contributed by atoms with Crippen LogP contribution >= 0.6 is 0 Å². The molecule has 0 saturated heterocycles. The number of hydrogen-bond donors (Lipinski definition) is 1. The van der Waals surface area contributed by atoms with Gasteiger partial charge in [0.05, 0.1) is 11.4 Å². The first-order valence-corrected chi connectivity index (χ1v) is 9.11. The van der Waals surface area contributed by atoms with Crippen LogP contribution in [0.3, 0.4) is 0 Å². The predicted molar refractivity (Wildman–Crippen MR) is 85.9 cm³/mol. The molecule has 3 rings (SSSR count). The molecule has 0 atom stereocenters. The Hall–Kier alpha value is -2.26. The molecular formula is C15H18N4O4S. The van der Waals surface area contributed by atoms with E-state index in [1.54, 1.807) is 24.0 Å². The number of carbonyl (C=O) groups is 1. The summed E-state index contributed by atoms with van der Waals surface area (Å²) in [5, 5.41) is 3.65. The van der Waals surface area contributed by atoms with Crippen LogP contribution in [0.2, 0.25) is 0 Å². The zero-order valence-corrected chi connectivity index (χ0v) is 14.3. The SMILES string of the molecule is CCC(=O)N1CCc2cc(S(=O)(=O)NCc3noc(C)n3)ccc21. The maximum Gasteiger partial charge on any atom is 0.240 e. The average molecular weight is 350 g/mol. The number of carbonyl (C=O) groups excluding carboxylic acids is 1. The van der Waals surface area contributed by atoms with E-state index in [0.717, 1.165) is 11.3 Å². The Kier molecular flexibility index (Phi) is 4.37. The lowest BCUT2D eigenvalue weighted by atomic mass is 10.2. The summed E-state index contributed by atoms with van der Waals surface area (Å²) in [6.07, 6.45) is 1.07. The molecule has 2 heterocycles. The third-order valence-corrected chi connectivity index (χ3v) is 5.25. The molecule has 0 aliphatic carbocycles. The van der Waals surface area contributed by atoms with E-state index < -0.39 is 10.0 Å². The van der Waals surface area contributed by atoms with E-state index in [-0.39, 0.29) is 23.2 Å². The van der Waals surface area contributed by atoms with Crippen molar-refractivity contribution in [3.8, 4) is 0 Å². The number of aryl methyl sites for hydroxylation is 1. The van der Waals surface area contributed by atoms with E-state index in [0.29, 0.717) is 25.3 Å². The minimum atomic E-state index is -3.69. The van der Waals surface area contributed by atoms with Crippen LogP contribution < -0.4 is 9.62 Å². The van der Waals surface area contributed by atoms with E-state index in [2.05, 4.69) is 14.9 Å². The van der Waals surface area contributed by atoms with E-state index >= 15 is 0 Å². The third kappa shape index (κ3) is 3.17. The highest BCUT2D eigenvalue weighted by Crippen LogP contribution is 2.30. The minimum absolute atomic E-state index is 0.0370.